The van der Waals surface area contributed by atoms with Crippen LogP contribution in [0.4, 0.5) is 26.3 Å². The summed E-state index contributed by atoms with van der Waals surface area (Å²) in [6.45, 7) is 5.98. The molecule has 0 heterocycles. The van der Waals surface area contributed by atoms with Gasteiger partial charge in [-0.3, -0.25) is 0 Å². The molecule has 2 N–H and O–H groups in total. The largest absolute Gasteiger partial charge is 0.416 e. The van der Waals surface area contributed by atoms with E-state index in [1.807, 2.05) is 30.3 Å². The van der Waals surface area contributed by atoms with Gasteiger partial charge in [0.15, 0.2) is 8.32 Å². The average Bonchev–Trinajstić information content (AvgIpc) is 2.82. The number of hydrogen-bond donors (Lipinski definition) is 1. The van der Waals surface area contributed by atoms with Crippen LogP contribution in [0.15, 0.2) is 48.5 Å². The van der Waals surface area contributed by atoms with Crippen LogP contribution in [0.1, 0.15) is 49.4 Å². The Labute approximate surface area is 203 Å². The van der Waals surface area contributed by atoms with Gasteiger partial charge < -0.3 is 14.9 Å². The summed E-state index contributed by atoms with van der Waals surface area (Å²) in [5, 5.41) is 0. The van der Waals surface area contributed by atoms with Crippen molar-refractivity contribution in [2.75, 3.05) is 13.2 Å². The molecule has 2 aromatic rings. The second-order valence-corrected chi connectivity index (χ2v) is 13.3. The zero-order valence-electron chi connectivity index (χ0n) is 20.2. The number of rotatable bonds is 12. The summed E-state index contributed by atoms with van der Waals surface area (Å²) in [4.78, 5) is 0. The lowest BCUT2D eigenvalue weighted by atomic mass is 9.91. The van der Waals surface area contributed by atoms with E-state index in [0.29, 0.717) is 18.6 Å². The van der Waals surface area contributed by atoms with E-state index >= 15 is 0 Å². The summed E-state index contributed by atoms with van der Waals surface area (Å²) in [7, 11) is -2.20. The monoisotopic (exact) mass is 521 g/mol. The number of hydrogen-bond acceptors (Lipinski definition) is 3. The van der Waals surface area contributed by atoms with Crippen molar-refractivity contribution in [1.29, 1.82) is 0 Å². The minimum absolute atomic E-state index is 0.0550. The van der Waals surface area contributed by atoms with Gasteiger partial charge in [-0.15, -0.1) is 0 Å². The first-order valence-corrected chi connectivity index (χ1v) is 14.2. The van der Waals surface area contributed by atoms with Crippen LogP contribution in [-0.4, -0.2) is 21.5 Å². The molecule has 0 saturated heterocycles. The molecule has 0 aliphatic carbocycles. The van der Waals surface area contributed by atoms with E-state index in [2.05, 4.69) is 20.8 Å². The quantitative estimate of drug-likeness (QED) is 0.232. The third kappa shape index (κ3) is 7.55. The highest BCUT2D eigenvalue weighted by Crippen LogP contribution is 2.39. The van der Waals surface area contributed by atoms with E-state index in [1.165, 1.54) is 0 Å². The standard InChI is InChI=1S/C25H33F6NO2Si/c1-4-35(5-2,6-3)34-23(12-13-32,20-10-8-7-9-11-20)18-33-17-19-14-21(24(26,27)28)16-22(15-19)25(29,30)31/h7-11,14-16H,4-6,12-13,17-18,32H2,1-3H3/t23-/m1/s1. The van der Waals surface area contributed by atoms with E-state index in [-0.39, 0.29) is 24.8 Å². The van der Waals surface area contributed by atoms with Gasteiger partial charge in [0.1, 0.15) is 5.60 Å². The molecule has 0 fully saturated rings. The average molecular weight is 522 g/mol. The Balaban J connectivity index is 2.42. The van der Waals surface area contributed by atoms with Gasteiger partial charge in [0.2, 0.25) is 0 Å². The number of ether oxygens (including phenoxy) is 1. The molecule has 196 valence electrons. The summed E-state index contributed by atoms with van der Waals surface area (Å²) in [5.41, 5.74) is 2.85. The number of alkyl halides is 6. The fourth-order valence-corrected chi connectivity index (χ4v) is 7.27. The van der Waals surface area contributed by atoms with Gasteiger partial charge in [0.25, 0.3) is 0 Å². The highest BCUT2D eigenvalue weighted by Gasteiger charge is 2.42. The lowest BCUT2D eigenvalue weighted by Gasteiger charge is -2.43. The number of benzene rings is 2. The van der Waals surface area contributed by atoms with Gasteiger partial charge in [0, 0.05) is 0 Å². The second kappa shape index (κ2) is 11.9. The van der Waals surface area contributed by atoms with E-state index in [4.69, 9.17) is 14.9 Å². The fraction of sp³-hybridized carbons (Fsp3) is 0.520. The van der Waals surface area contributed by atoms with Crippen LogP contribution < -0.4 is 5.73 Å². The maximum Gasteiger partial charge on any atom is 0.416 e. The van der Waals surface area contributed by atoms with Crippen LogP contribution in [0.5, 0.6) is 0 Å². The van der Waals surface area contributed by atoms with Gasteiger partial charge in [-0.1, -0.05) is 51.1 Å². The van der Waals surface area contributed by atoms with E-state index in [1.54, 1.807) is 0 Å². The van der Waals surface area contributed by atoms with Crippen LogP contribution in [0, 0.1) is 0 Å². The summed E-state index contributed by atoms with van der Waals surface area (Å²) in [5.74, 6) is 0. The molecule has 0 unspecified atom stereocenters. The SMILES string of the molecule is CC[Si](CC)(CC)O[C@](CCN)(COCc1cc(C(F)(F)F)cc(C(F)(F)F)c1)c1ccccc1. The minimum atomic E-state index is -4.92. The van der Waals surface area contributed by atoms with Crippen molar-refractivity contribution in [1.82, 2.24) is 0 Å². The molecule has 0 bridgehead atoms. The molecule has 10 heteroatoms. The number of nitrogens with two attached hydrogens (primary N) is 1. The van der Waals surface area contributed by atoms with Crippen molar-refractivity contribution in [2.45, 2.75) is 69.9 Å². The molecular weight excluding hydrogens is 488 g/mol. The second-order valence-electron chi connectivity index (χ2n) is 8.65. The third-order valence-corrected chi connectivity index (χ3v) is 11.1. The first-order chi connectivity index (χ1) is 16.3. The number of halogens is 6. The summed E-state index contributed by atoms with van der Waals surface area (Å²) in [6, 6.07) is 13.3. The Morgan fingerprint density at radius 3 is 1.71 bits per heavy atom. The van der Waals surface area contributed by atoms with E-state index < -0.39 is 44.0 Å². The van der Waals surface area contributed by atoms with Crippen LogP contribution >= 0.6 is 0 Å². The predicted molar refractivity (Wildman–Crippen MR) is 126 cm³/mol. The van der Waals surface area contributed by atoms with Gasteiger partial charge in [-0.05, 0) is 60.4 Å². The van der Waals surface area contributed by atoms with Crippen molar-refractivity contribution >= 4 is 8.32 Å². The Bertz CT molecular complexity index is 891. The van der Waals surface area contributed by atoms with Gasteiger partial charge in [0.05, 0.1) is 24.3 Å². The van der Waals surface area contributed by atoms with Gasteiger partial charge in [-0.2, -0.15) is 26.3 Å². The lowest BCUT2D eigenvalue weighted by molar-refractivity contribution is -0.143. The maximum atomic E-state index is 13.2. The fourth-order valence-electron chi connectivity index (χ4n) is 4.23. The Morgan fingerprint density at radius 1 is 0.771 bits per heavy atom. The summed E-state index contributed by atoms with van der Waals surface area (Å²) in [6.07, 6.45) is -9.44. The zero-order valence-corrected chi connectivity index (χ0v) is 21.2. The highest BCUT2D eigenvalue weighted by atomic mass is 28.4. The first kappa shape index (κ1) is 29.3. The molecule has 3 nitrogen and oxygen atoms in total. The molecule has 1 atom stereocenters. The van der Waals surface area contributed by atoms with E-state index in [0.717, 1.165) is 23.7 Å². The van der Waals surface area contributed by atoms with Crippen molar-refractivity contribution in [3.8, 4) is 0 Å². The molecule has 0 amide bonds. The summed E-state index contributed by atoms with van der Waals surface area (Å²) < 4.78 is 92.1. The molecule has 35 heavy (non-hydrogen) atoms. The van der Waals surface area contributed by atoms with Crippen LogP contribution in [-0.2, 0) is 33.7 Å². The van der Waals surface area contributed by atoms with Gasteiger partial charge >= 0.3 is 12.4 Å². The first-order valence-electron chi connectivity index (χ1n) is 11.7. The van der Waals surface area contributed by atoms with Crippen molar-refractivity contribution in [2.24, 2.45) is 5.73 Å². The molecule has 0 spiro atoms. The zero-order chi connectivity index (χ0) is 26.3. The summed E-state index contributed by atoms with van der Waals surface area (Å²) >= 11 is 0. The van der Waals surface area contributed by atoms with Crippen LogP contribution in [0.25, 0.3) is 0 Å². The smallest absolute Gasteiger partial charge is 0.405 e. The normalized spacial score (nSPS) is 14.7. The molecule has 0 aliphatic heterocycles. The third-order valence-electron chi connectivity index (χ3n) is 6.44. The van der Waals surface area contributed by atoms with Crippen LogP contribution in [0.2, 0.25) is 18.1 Å². The Hall–Kier alpha value is -1.88. The molecule has 0 radical (unpaired) electrons. The molecule has 0 aromatic heterocycles. The van der Waals surface area contributed by atoms with Crippen molar-refractivity contribution in [3.63, 3.8) is 0 Å². The van der Waals surface area contributed by atoms with Crippen molar-refractivity contribution in [3.05, 3.63) is 70.8 Å². The Kier molecular flexibility index (Phi) is 9.98. The highest BCUT2D eigenvalue weighted by molar-refractivity contribution is 6.73. The molecule has 0 saturated carbocycles. The minimum Gasteiger partial charge on any atom is -0.405 e. The topological polar surface area (TPSA) is 44.5 Å². The van der Waals surface area contributed by atoms with Crippen molar-refractivity contribution < 1.29 is 35.5 Å². The molecule has 2 aromatic carbocycles. The maximum absolute atomic E-state index is 13.2. The Morgan fingerprint density at radius 2 is 1.29 bits per heavy atom. The molecule has 2 rings (SSSR count). The van der Waals surface area contributed by atoms with Gasteiger partial charge in [-0.25, -0.2) is 0 Å². The van der Waals surface area contributed by atoms with Crippen LogP contribution in [0.3, 0.4) is 0 Å². The molecule has 0 aliphatic rings. The van der Waals surface area contributed by atoms with E-state index in [9.17, 15) is 26.3 Å². The molecular formula is C25H33F6NO2Si. The lowest BCUT2D eigenvalue weighted by Crippen LogP contribution is -2.49. The predicted octanol–water partition coefficient (Wildman–Crippen LogP) is 7.51.